The van der Waals surface area contributed by atoms with Gasteiger partial charge in [-0.25, -0.2) is 4.98 Å². The van der Waals surface area contributed by atoms with Crippen LogP contribution in [0.1, 0.15) is 24.4 Å². The van der Waals surface area contributed by atoms with Gasteiger partial charge in [0.25, 0.3) is 5.56 Å². The van der Waals surface area contributed by atoms with E-state index in [2.05, 4.69) is 15.2 Å². The van der Waals surface area contributed by atoms with Crippen LogP contribution in [-0.2, 0) is 11.3 Å². The Labute approximate surface area is 190 Å². The highest BCUT2D eigenvalue weighted by Gasteiger charge is 2.26. The summed E-state index contributed by atoms with van der Waals surface area (Å²) in [5.74, 6) is 0.549. The van der Waals surface area contributed by atoms with Crippen molar-refractivity contribution in [3.05, 3.63) is 70.8 Å². The first-order valence-corrected chi connectivity index (χ1v) is 11.2. The van der Waals surface area contributed by atoms with Gasteiger partial charge in [-0.05, 0) is 44.1 Å². The third-order valence-corrected chi connectivity index (χ3v) is 6.24. The van der Waals surface area contributed by atoms with Crippen LogP contribution in [0.3, 0.4) is 0 Å². The average Bonchev–Trinajstić information content (AvgIpc) is 3.50. The molecule has 1 fully saturated rings. The highest BCUT2D eigenvalue weighted by molar-refractivity contribution is 6.01. The van der Waals surface area contributed by atoms with Crippen molar-refractivity contribution in [2.45, 2.75) is 25.4 Å². The van der Waals surface area contributed by atoms with Crippen LogP contribution in [0.25, 0.3) is 22.1 Å². The lowest BCUT2D eigenvalue weighted by Crippen LogP contribution is -2.39. The monoisotopic (exact) mass is 446 g/mol. The van der Waals surface area contributed by atoms with Crippen molar-refractivity contribution in [2.24, 2.45) is 0 Å². The Bertz CT molecular complexity index is 1350. The normalized spacial score (nSPS) is 15.2. The van der Waals surface area contributed by atoms with Gasteiger partial charge in [-0.3, -0.25) is 19.1 Å². The predicted octanol–water partition coefficient (Wildman–Crippen LogP) is 3.10. The smallest absolute Gasteiger partial charge is 0.297 e. The number of methoxy groups -OCH3 is 1. The zero-order valence-corrected chi connectivity index (χ0v) is 18.5. The molecule has 33 heavy (non-hydrogen) atoms. The molecule has 0 saturated carbocycles. The maximum absolute atomic E-state index is 12.9. The average molecular weight is 447 g/mol. The maximum Gasteiger partial charge on any atom is 0.297 e. The van der Waals surface area contributed by atoms with E-state index in [1.807, 2.05) is 42.5 Å². The minimum atomic E-state index is -0.368. The van der Waals surface area contributed by atoms with Crippen LogP contribution >= 0.6 is 0 Å². The van der Waals surface area contributed by atoms with Crippen LogP contribution in [0.5, 0.6) is 5.75 Å². The van der Waals surface area contributed by atoms with Gasteiger partial charge in [0, 0.05) is 17.5 Å². The molecule has 2 aromatic heterocycles. The number of nitrogens with one attached hydrogen (secondary N) is 1. The number of para-hydroxylation sites is 2. The van der Waals surface area contributed by atoms with Gasteiger partial charge in [0.2, 0.25) is 11.5 Å². The van der Waals surface area contributed by atoms with Crippen LogP contribution in [0.4, 0.5) is 0 Å². The van der Waals surface area contributed by atoms with E-state index in [0.29, 0.717) is 17.6 Å². The number of carbonyl (C=O) groups excluding carboxylic acids is 1. The molecule has 8 nitrogen and oxygen atoms in total. The Kier molecular flexibility index (Phi) is 5.83. The number of likely N-dealkylation sites (tertiary alicyclic amines) is 1. The van der Waals surface area contributed by atoms with Crippen LogP contribution in [-0.4, -0.2) is 47.1 Å². The van der Waals surface area contributed by atoms with E-state index in [9.17, 15) is 9.59 Å². The quantitative estimate of drug-likeness (QED) is 0.469. The molecule has 1 N–H and O–H groups in total. The molecule has 3 heterocycles. The van der Waals surface area contributed by atoms with Crippen LogP contribution in [0.15, 0.2) is 64.1 Å². The predicted molar refractivity (Wildman–Crippen MR) is 125 cm³/mol. The molecular formula is C25H26N4O4. The highest BCUT2D eigenvalue weighted by Crippen LogP contribution is 2.31. The molecule has 4 aromatic rings. The molecule has 1 atom stereocenters. The summed E-state index contributed by atoms with van der Waals surface area (Å²) in [5, 5.41) is 3.79. The van der Waals surface area contributed by atoms with Gasteiger partial charge in [-0.2, -0.15) is 0 Å². The summed E-state index contributed by atoms with van der Waals surface area (Å²) in [5.41, 5.74) is 1.95. The minimum absolute atomic E-state index is 0.000278. The first kappa shape index (κ1) is 21.2. The van der Waals surface area contributed by atoms with Crippen LogP contribution < -0.4 is 15.6 Å². The Hall–Kier alpha value is -3.65. The molecule has 8 heteroatoms. The van der Waals surface area contributed by atoms with E-state index >= 15 is 0 Å². The fraction of sp³-hybridized carbons (Fsp3) is 0.320. The summed E-state index contributed by atoms with van der Waals surface area (Å²) in [6, 6.07) is 15.3. The number of aromatic nitrogens is 2. The van der Waals surface area contributed by atoms with Crippen molar-refractivity contribution in [3.8, 4) is 5.75 Å². The van der Waals surface area contributed by atoms with Crippen molar-refractivity contribution < 1.29 is 13.9 Å². The van der Waals surface area contributed by atoms with Gasteiger partial charge >= 0.3 is 0 Å². The molecule has 0 bridgehead atoms. The second kappa shape index (κ2) is 9.07. The van der Waals surface area contributed by atoms with E-state index in [4.69, 9.17) is 9.15 Å². The second-order valence-corrected chi connectivity index (χ2v) is 8.26. The molecule has 2 aromatic carbocycles. The van der Waals surface area contributed by atoms with Gasteiger partial charge in [0.05, 0.1) is 19.5 Å². The topological polar surface area (TPSA) is 89.6 Å². The van der Waals surface area contributed by atoms with Crippen molar-refractivity contribution in [1.29, 1.82) is 0 Å². The highest BCUT2D eigenvalue weighted by atomic mass is 16.5. The van der Waals surface area contributed by atoms with Crippen molar-refractivity contribution >= 4 is 28.0 Å². The fourth-order valence-corrected chi connectivity index (χ4v) is 4.58. The summed E-state index contributed by atoms with van der Waals surface area (Å²) < 4.78 is 12.6. The maximum atomic E-state index is 12.9. The zero-order chi connectivity index (χ0) is 22.8. The lowest BCUT2D eigenvalue weighted by atomic mass is 10.0. The number of nitrogens with zero attached hydrogens (tertiary/aromatic N) is 3. The number of amides is 1. The second-order valence-electron chi connectivity index (χ2n) is 8.26. The Morgan fingerprint density at radius 3 is 2.73 bits per heavy atom. The largest absolute Gasteiger partial charge is 0.496 e. The molecular weight excluding hydrogens is 420 g/mol. The van der Waals surface area contributed by atoms with Gasteiger partial charge in [-0.1, -0.05) is 30.3 Å². The third-order valence-electron chi connectivity index (χ3n) is 6.24. The summed E-state index contributed by atoms with van der Waals surface area (Å²) in [4.78, 5) is 32.5. The summed E-state index contributed by atoms with van der Waals surface area (Å²) >= 11 is 0. The summed E-state index contributed by atoms with van der Waals surface area (Å²) in [6.45, 7) is 2.25. The molecule has 0 spiro atoms. The van der Waals surface area contributed by atoms with Crippen molar-refractivity contribution in [3.63, 3.8) is 0 Å². The van der Waals surface area contributed by atoms with Gasteiger partial charge in [0.15, 0.2) is 0 Å². The minimum Gasteiger partial charge on any atom is -0.496 e. The van der Waals surface area contributed by atoms with E-state index in [1.54, 1.807) is 13.2 Å². The Morgan fingerprint density at radius 2 is 1.91 bits per heavy atom. The first-order valence-electron chi connectivity index (χ1n) is 11.2. The number of ether oxygens (including phenoxy) is 1. The number of rotatable bonds is 7. The standard InChI is InChI=1S/C25H26N4O4/c1-32-20-10-4-2-8-17(20)19(28-12-6-7-13-28)14-26-22(30)15-29-16-27-23-18-9-3-5-11-21(18)33-24(23)25(29)31/h2-5,8-11,16,19H,6-7,12-15H2,1H3,(H,26,30). The lowest BCUT2D eigenvalue weighted by Gasteiger charge is -2.29. The van der Waals surface area contributed by atoms with E-state index in [0.717, 1.165) is 42.6 Å². The van der Waals surface area contributed by atoms with Crippen LogP contribution in [0, 0.1) is 0 Å². The van der Waals surface area contributed by atoms with E-state index < -0.39 is 0 Å². The van der Waals surface area contributed by atoms with Gasteiger partial charge < -0.3 is 14.5 Å². The third kappa shape index (κ3) is 4.09. The molecule has 170 valence electrons. The molecule has 5 rings (SSSR count). The number of fused-ring (bicyclic) bond motifs is 3. The first-order chi connectivity index (χ1) is 16.2. The number of hydrogen-bond acceptors (Lipinski definition) is 6. The van der Waals surface area contributed by atoms with Crippen LogP contribution in [0.2, 0.25) is 0 Å². The van der Waals surface area contributed by atoms with Gasteiger partial charge in [-0.15, -0.1) is 0 Å². The van der Waals surface area contributed by atoms with E-state index in [1.165, 1.54) is 10.9 Å². The number of benzene rings is 2. The van der Waals surface area contributed by atoms with E-state index in [-0.39, 0.29) is 29.6 Å². The Balaban J connectivity index is 1.34. The number of carbonyl (C=O) groups is 1. The molecule has 1 saturated heterocycles. The molecule has 1 aliphatic heterocycles. The molecule has 1 aliphatic rings. The SMILES string of the molecule is COc1ccccc1C(CNC(=O)Cn1cnc2c(oc3ccccc32)c1=O)N1CCCC1. The summed E-state index contributed by atoms with van der Waals surface area (Å²) in [6.07, 6.45) is 3.68. The summed E-state index contributed by atoms with van der Waals surface area (Å²) in [7, 11) is 1.66. The molecule has 0 radical (unpaired) electrons. The molecule has 1 amide bonds. The number of furan rings is 1. The molecule has 0 aliphatic carbocycles. The van der Waals surface area contributed by atoms with Crippen molar-refractivity contribution in [1.82, 2.24) is 19.8 Å². The number of hydrogen-bond donors (Lipinski definition) is 1. The zero-order valence-electron chi connectivity index (χ0n) is 18.5. The lowest BCUT2D eigenvalue weighted by molar-refractivity contribution is -0.122. The molecule has 1 unspecified atom stereocenters. The Morgan fingerprint density at radius 1 is 1.15 bits per heavy atom. The van der Waals surface area contributed by atoms with Crippen molar-refractivity contribution in [2.75, 3.05) is 26.7 Å². The fourth-order valence-electron chi connectivity index (χ4n) is 4.58. The van der Waals surface area contributed by atoms with Gasteiger partial charge in [0.1, 0.15) is 23.4 Å².